The van der Waals surface area contributed by atoms with Crippen molar-refractivity contribution in [1.29, 1.82) is 10.5 Å². The lowest BCUT2D eigenvalue weighted by atomic mass is 9.61. The molecule has 0 radical (unpaired) electrons. The Morgan fingerprint density at radius 1 is 1.24 bits per heavy atom. The molecule has 0 saturated carbocycles. The quantitative estimate of drug-likeness (QED) is 0.734. The summed E-state index contributed by atoms with van der Waals surface area (Å²) in [5.74, 6) is 0. The number of nitriles is 2. The summed E-state index contributed by atoms with van der Waals surface area (Å²) in [5.41, 5.74) is -0.789. The van der Waals surface area contributed by atoms with E-state index in [9.17, 15) is 10.5 Å². The van der Waals surface area contributed by atoms with Crippen molar-refractivity contribution in [3.63, 3.8) is 0 Å². The summed E-state index contributed by atoms with van der Waals surface area (Å²) in [5, 5.41) is 18.8. The molecule has 0 bridgehead atoms. The van der Waals surface area contributed by atoms with Gasteiger partial charge in [0.1, 0.15) is 0 Å². The Kier molecular flexibility index (Phi) is 3.71. The van der Waals surface area contributed by atoms with Crippen LogP contribution in [0.25, 0.3) is 0 Å². The van der Waals surface area contributed by atoms with Gasteiger partial charge in [0.2, 0.25) is 0 Å². The first-order valence-electron chi connectivity index (χ1n) is 5.62. The van der Waals surface area contributed by atoms with Crippen molar-refractivity contribution in [3.05, 3.63) is 48.6 Å². The van der Waals surface area contributed by atoms with E-state index in [0.717, 1.165) is 5.56 Å². The standard InChI is InChI=1S/C15H16N2/c1-4-14(3,13-9-7-6-8-10-13)15(5-2,11-16)12-17/h4,6-10H,1,5H2,2-3H3/t14-/m0/s1. The van der Waals surface area contributed by atoms with Gasteiger partial charge in [-0.05, 0) is 18.9 Å². The first-order valence-corrected chi connectivity index (χ1v) is 5.62. The average molecular weight is 224 g/mol. The molecule has 0 heterocycles. The van der Waals surface area contributed by atoms with Crippen molar-refractivity contribution in [2.75, 3.05) is 0 Å². The van der Waals surface area contributed by atoms with Crippen LogP contribution in [-0.4, -0.2) is 0 Å². The first-order chi connectivity index (χ1) is 8.10. The lowest BCUT2D eigenvalue weighted by Gasteiger charge is -2.37. The highest BCUT2D eigenvalue weighted by Crippen LogP contribution is 2.44. The summed E-state index contributed by atoms with van der Waals surface area (Å²) >= 11 is 0. The van der Waals surface area contributed by atoms with Crippen LogP contribution in [0.2, 0.25) is 0 Å². The van der Waals surface area contributed by atoms with Crippen LogP contribution in [0.15, 0.2) is 43.0 Å². The predicted octanol–water partition coefficient (Wildman–Crippen LogP) is 3.57. The van der Waals surface area contributed by atoms with Crippen LogP contribution in [-0.2, 0) is 5.41 Å². The van der Waals surface area contributed by atoms with Gasteiger partial charge in [-0.15, -0.1) is 6.58 Å². The second-order valence-corrected chi connectivity index (χ2v) is 4.25. The molecule has 1 aromatic carbocycles. The van der Waals surface area contributed by atoms with Gasteiger partial charge in [0.05, 0.1) is 12.1 Å². The molecule has 0 unspecified atom stereocenters. The minimum absolute atomic E-state index is 0.470. The fourth-order valence-electron chi connectivity index (χ4n) is 2.11. The third kappa shape index (κ3) is 1.83. The molecule has 0 aliphatic rings. The number of hydrogen-bond acceptors (Lipinski definition) is 2. The van der Waals surface area contributed by atoms with E-state index in [1.165, 1.54) is 0 Å². The Balaban J connectivity index is 3.47. The average Bonchev–Trinajstić information content (AvgIpc) is 2.42. The number of nitrogens with zero attached hydrogens (tertiary/aromatic N) is 2. The van der Waals surface area contributed by atoms with Crippen LogP contribution in [0, 0.1) is 28.1 Å². The minimum Gasteiger partial charge on any atom is -0.197 e. The third-order valence-corrected chi connectivity index (χ3v) is 3.58. The fourth-order valence-corrected chi connectivity index (χ4v) is 2.11. The van der Waals surface area contributed by atoms with Gasteiger partial charge in [-0.25, -0.2) is 0 Å². The molecule has 0 aromatic heterocycles. The number of allylic oxidation sites excluding steroid dienone is 1. The Morgan fingerprint density at radius 2 is 1.76 bits per heavy atom. The maximum atomic E-state index is 9.38. The predicted molar refractivity (Wildman–Crippen MR) is 67.9 cm³/mol. The Hall–Kier alpha value is -2.06. The molecule has 17 heavy (non-hydrogen) atoms. The van der Waals surface area contributed by atoms with Crippen molar-refractivity contribution in [2.45, 2.75) is 25.7 Å². The highest BCUT2D eigenvalue weighted by Gasteiger charge is 2.47. The van der Waals surface area contributed by atoms with Crippen LogP contribution in [0.1, 0.15) is 25.8 Å². The first kappa shape index (κ1) is 13.0. The summed E-state index contributed by atoms with van der Waals surface area (Å²) in [7, 11) is 0. The maximum absolute atomic E-state index is 9.38. The van der Waals surface area contributed by atoms with Gasteiger partial charge in [0.15, 0.2) is 5.41 Å². The number of rotatable bonds is 4. The second kappa shape index (κ2) is 4.85. The summed E-state index contributed by atoms with van der Waals surface area (Å²) in [6.07, 6.45) is 2.18. The lowest BCUT2D eigenvalue weighted by molar-refractivity contribution is 0.329. The third-order valence-electron chi connectivity index (χ3n) is 3.58. The van der Waals surface area contributed by atoms with Crippen molar-refractivity contribution < 1.29 is 0 Å². The van der Waals surface area contributed by atoms with Crippen molar-refractivity contribution in [2.24, 2.45) is 5.41 Å². The van der Waals surface area contributed by atoms with Crippen LogP contribution in [0.5, 0.6) is 0 Å². The normalized spacial score (nSPS) is 14.1. The molecule has 86 valence electrons. The molecule has 2 nitrogen and oxygen atoms in total. The Labute approximate surface area is 103 Å². The van der Waals surface area contributed by atoms with E-state index in [0.29, 0.717) is 6.42 Å². The molecular formula is C15H16N2. The zero-order valence-electron chi connectivity index (χ0n) is 10.3. The largest absolute Gasteiger partial charge is 0.197 e. The highest BCUT2D eigenvalue weighted by atomic mass is 14.5. The van der Waals surface area contributed by atoms with Gasteiger partial charge >= 0.3 is 0 Å². The van der Waals surface area contributed by atoms with Crippen molar-refractivity contribution >= 4 is 0 Å². The molecule has 1 aromatic rings. The van der Waals surface area contributed by atoms with Crippen molar-refractivity contribution in [1.82, 2.24) is 0 Å². The van der Waals surface area contributed by atoms with Gasteiger partial charge in [0.25, 0.3) is 0 Å². The molecule has 0 amide bonds. The molecule has 0 saturated heterocycles. The van der Waals surface area contributed by atoms with Crippen molar-refractivity contribution in [3.8, 4) is 12.1 Å². The van der Waals surface area contributed by atoms with E-state index in [-0.39, 0.29) is 0 Å². The van der Waals surface area contributed by atoms with Gasteiger partial charge in [-0.2, -0.15) is 10.5 Å². The monoisotopic (exact) mass is 224 g/mol. The minimum atomic E-state index is -1.07. The van der Waals surface area contributed by atoms with E-state index < -0.39 is 10.8 Å². The van der Waals surface area contributed by atoms with E-state index in [2.05, 4.69) is 18.7 Å². The van der Waals surface area contributed by atoms with E-state index in [1.54, 1.807) is 6.08 Å². The Bertz CT molecular complexity index is 462. The zero-order chi connectivity index (χ0) is 12.9. The molecule has 0 spiro atoms. The van der Waals surface area contributed by atoms with Crippen LogP contribution < -0.4 is 0 Å². The molecule has 0 fully saturated rings. The highest BCUT2D eigenvalue weighted by molar-refractivity contribution is 5.40. The molecule has 0 N–H and O–H groups in total. The van der Waals surface area contributed by atoms with Crippen LogP contribution in [0.3, 0.4) is 0 Å². The van der Waals surface area contributed by atoms with Gasteiger partial charge in [-0.1, -0.05) is 43.3 Å². The summed E-state index contributed by atoms with van der Waals surface area (Å²) in [6.45, 7) is 7.57. The molecule has 2 heteroatoms. The molecule has 0 aliphatic heterocycles. The molecular weight excluding hydrogens is 208 g/mol. The maximum Gasteiger partial charge on any atom is 0.156 e. The molecule has 1 rings (SSSR count). The van der Waals surface area contributed by atoms with Crippen LogP contribution >= 0.6 is 0 Å². The number of hydrogen-bond donors (Lipinski definition) is 0. The second-order valence-electron chi connectivity index (χ2n) is 4.25. The topological polar surface area (TPSA) is 47.6 Å². The van der Waals surface area contributed by atoms with Gasteiger partial charge in [-0.3, -0.25) is 0 Å². The van der Waals surface area contributed by atoms with E-state index in [1.807, 2.05) is 44.2 Å². The summed E-state index contributed by atoms with van der Waals surface area (Å²) < 4.78 is 0. The van der Waals surface area contributed by atoms with E-state index >= 15 is 0 Å². The molecule has 1 atom stereocenters. The fraction of sp³-hybridized carbons (Fsp3) is 0.333. The van der Waals surface area contributed by atoms with Crippen LogP contribution in [0.4, 0.5) is 0 Å². The Morgan fingerprint density at radius 3 is 2.12 bits per heavy atom. The lowest BCUT2D eigenvalue weighted by Crippen LogP contribution is -2.39. The molecule has 0 aliphatic carbocycles. The van der Waals surface area contributed by atoms with Gasteiger partial charge in [0, 0.05) is 5.41 Å². The summed E-state index contributed by atoms with van der Waals surface area (Å²) in [4.78, 5) is 0. The zero-order valence-corrected chi connectivity index (χ0v) is 10.3. The SMILES string of the molecule is C=C[C@@](C)(c1ccccc1)C(C#N)(C#N)CC. The smallest absolute Gasteiger partial charge is 0.156 e. The summed E-state index contributed by atoms with van der Waals surface area (Å²) in [6, 6.07) is 13.9. The van der Waals surface area contributed by atoms with Gasteiger partial charge < -0.3 is 0 Å². The van der Waals surface area contributed by atoms with E-state index in [4.69, 9.17) is 0 Å². The number of benzene rings is 1.